The van der Waals surface area contributed by atoms with E-state index in [-0.39, 0.29) is 0 Å². The maximum atomic E-state index is 4.10. The standard InChI is InChI=1S/C7H4BrIN4/c8-5-1-10-7(11-2-5)13-4-6(9)3-12-13/h1-4H. The Labute approximate surface area is 96.7 Å². The third kappa shape index (κ3) is 2.05. The second kappa shape index (κ2) is 3.70. The second-order valence-electron chi connectivity index (χ2n) is 2.30. The topological polar surface area (TPSA) is 43.6 Å². The molecule has 2 aromatic rings. The van der Waals surface area contributed by atoms with Gasteiger partial charge in [0.1, 0.15) is 0 Å². The summed E-state index contributed by atoms with van der Waals surface area (Å²) in [5.41, 5.74) is 0. The van der Waals surface area contributed by atoms with Crippen LogP contribution in [-0.4, -0.2) is 19.7 Å². The van der Waals surface area contributed by atoms with Crippen LogP contribution in [0.4, 0.5) is 0 Å². The van der Waals surface area contributed by atoms with Crippen LogP contribution >= 0.6 is 38.5 Å². The summed E-state index contributed by atoms with van der Waals surface area (Å²) in [5.74, 6) is 0.575. The molecule has 2 aromatic heterocycles. The Morgan fingerprint density at radius 1 is 1.23 bits per heavy atom. The quantitative estimate of drug-likeness (QED) is 0.739. The molecule has 4 nitrogen and oxygen atoms in total. The molecule has 2 rings (SSSR count). The summed E-state index contributed by atoms with van der Waals surface area (Å²) < 4.78 is 3.55. The molecule has 13 heavy (non-hydrogen) atoms. The van der Waals surface area contributed by atoms with Crippen molar-refractivity contribution >= 4 is 38.5 Å². The van der Waals surface area contributed by atoms with Gasteiger partial charge in [-0.3, -0.25) is 0 Å². The number of halogens is 2. The molecule has 0 aliphatic heterocycles. The molecule has 0 amide bonds. The molecule has 0 spiro atoms. The Kier molecular flexibility index (Phi) is 2.58. The molecule has 0 bridgehead atoms. The predicted octanol–water partition coefficient (Wildman–Crippen LogP) is 2.03. The molecule has 0 aliphatic rings. The molecule has 6 heteroatoms. The van der Waals surface area contributed by atoms with E-state index in [4.69, 9.17) is 0 Å². The van der Waals surface area contributed by atoms with E-state index >= 15 is 0 Å². The molecule has 0 unspecified atom stereocenters. The molecular weight excluding hydrogens is 347 g/mol. The van der Waals surface area contributed by atoms with E-state index in [1.165, 1.54) is 0 Å². The minimum absolute atomic E-state index is 0.575. The van der Waals surface area contributed by atoms with Crippen molar-refractivity contribution in [2.45, 2.75) is 0 Å². The third-order valence-electron chi connectivity index (χ3n) is 1.36. The van der Waals surface area contributed by atoms with Crippen LogP contribution in [0.25, 0.3) is 5.95 Å². The summed E-state index contributed by atoms with van der Waals surface area (Å²) in [7, 11) is 0. The van der Waals surface area contributed by atoms with Gasteiger partial charge in [-0.25, -0.2) is 14.6 Å². The van der Waals surface area contributed by atoms with Crippen molar-refractivity contribution in [3.63, 3.8) is 0 Å². The Morgan fingerprint density at radius 2 is 1.92 bits per heavy atom. The van der Waals surface area contributed by atoms with Crippen LogP contribution in [0.2, 0.25) is 0 Å². The van der Waals surface area contributed by atoms with Gasteiger partial charge in [-0.1, -0.05) is 0 Å². The van der Waals surface area contributed by atoms with Gasteiger partial charge in [0.2, 0.25) is 0 Å². The van der Waals surface area contributed by atoms with Crippen molar-refractivity contribution in [3.8, 4) is 5.95 Å². The monoisotopic (exact) mass is 350 g/mol. The highest BCUT2D eigenvalue weighted by molar-refractivity contribution is 14.1. The first kappa shape index (κ1) is 9.07. The first-order valence-electron chi connectivity index (χ1n) is 3.44. The first-order valence-corrected chi connectivity index (χ1v) is 5.31. The zero-order valence-corrected chi connectivity index (χ0v) is 10.1. The zero-order chi connectivity index (χ0) is 9.26. The van der Waals surface area contributed by atoms with E-state index in [1.54, 1.807) is 23.3 Å². The van der Waals surface area contributed by atoms with Gasteiger partial charge < -0.3 is 0 Å². The van der Waals surface area contributed by atoms with E-state index in [1.807, 2.05) is 6.20 Å². The lowest BCUT2D eigenvalue weighted by molar-refractivity contribution is 0.806. The fraction of sp³-hybridized carbons (Fsp3) is 0. The molecule has 0 atom stereocenters. The van der Waals surface area contributed by atoms with Crippen molar-refractivity contribution in [2.75, 3.05) is 0 Å². The van der Waals surface area contributed by atoms with Crippen LogP contribution in [0, 0.1) is 3.57 Å². The van der Waals surface area contributed by atoms with E-state index < -0.39 is 0 Å². The zero-order valence-electron chi connectivity index (χ0n) is 6.35. The summed E-state index contributed by atoms with van der Waals surface area (Å²) in [4.78, 5) is 8.20. The predicted molar refractivity (Wildman–Crippen MR) is 59.6 cm³/mol. The van der Waals surface area contributed by atoms with Crippen molar-refractivity contribution in [3.05, 3.63) is 32.8 Å². The summed E-state index contributed by atoms with van der Waals surface area (Å²) in [6.45, 7) is 0. The fourth-order valence-corrected chi connectivity index (χ4v) is 1.43. The molecule has 0 fully saturated rings. The van der Waals surface area contributed by atoms with Crippen molar-refractivity contribution in [1.82, 2.24) is 19.7 Å². The lowest BCUT2D eigenvalue weighted by atomic mass is 10.7. The van der Waals surface area contributed by atoms with Crippen molar-refractivity contribution < 1.29 is 0 Å². The summed E-state index contributed by atoms with van der Waals surface area (Å²) >= 11 is 5.45. The van der Waals surface area contributed by atoms with Gasteiger partial charge in [-0.2, -0.15) is 5.10 Å². The van der Waals surface area contributed by atoms with E-state index in [0.29, 0.717) is 5.95 Å². The van der Waals surface area contributed by atoms with Crippen LogP contribution in [-0.2, 0) is 0 Å². The number of hydrogen-bond acceptors (Lipinski definition) is 3. The van der Waals surface area contributed by atoms with Gasteiger partial charge in [0.15, 0.2) is 0 Å². The van der Waals surface area contributed by atoms with Gasteiger partial charge >= 0.3 is 0 Å². The average molecular weight is 351 g/mol. The fourth-order valence-electron chi connectivity index (χ4n) is 0.834. The van der Waals surface area contributed by atoms with E-state index in [2.05, 4.69) is 53.6 Å². The molecule has 0 N–H and O–H groups in total. The van der Waals surface area contributed by atoms with Crippen LogP contribution in [0.5, 0.6) is 0 Å². The van der Waals surface area contributed by atoms with E-state index in [0.717, 1.165) is 8.04 Å². The molecule has 0 aromatic carbocycles. The van der Waals surface area contributed by atoms with Gasteiger partial charge in [0.25, 0.3) is 5.95 Å². The van der Waals surface area contributed by atoms with Crippen LogP contribution in [0.3, 0.4) is 0 Å². The Bertz CT molecular complexity index is 411. The molecule has 0 saturated carbocycles. The summed E-state index contributed by atoms with van der Waals surface area (Å²) in [6, 6.07) is 0. The van der Waals surface area contributed by atoms with Crippen LogP contribution in [0.15, 0.2) is 29.3 Å². The first-order chi connectivity index (χ1) is 6.25. The highest BCUT2D eigenvalue weighted by Gasteiger charge is 2.00. The number of hydrogen-bond donors (Lipinski definition) is 0. The average Bonchev–Trinajstić information content (AvgIpc) is 2.53. The minimum atomic E-state index is 0.575. The molecule has 0 saturated heterocycles. The van der Waals surface area contributed by atoms with Crippen molar-refractivity contribution in [2.24, 2.45) is 0 Å². The highest BCUT2D eigenvalue weighted by atomic mass is 127. The normalized spacial score (nSPS) is 10.3. The summed E-state index contributed by atoms with van der Waals surface area (Å²) in [6.07, 6.45) is 7.00. The van der Waals surface area contributed by atoms with Crippen molar-refractivity contribution in [1.29, 1.82) is 0 Å². The number of aromatic nitrogens is 4. The number of rotatable bonds is 1. The van der Waals surface area contributed by atoms with E-state index in [9.17, 15) is 0 Å². The summed E-state index contributed by atoms with van der Waals surface area (Å²) in [5, 5.41) is 4.08. The smallest absolute Gasteiger partial charge is 0.218 e. The second-order valence-corrected chi connectivity index (χ2v) is 4.47. The molecular formula is C7H4BrIN4. The molecule has 0 radical (unpaired) electrons. The SMILES string of the molecule is Brc1cnc(-n2cc(I)cn2)nc1. The number of nitrogens with zero attached hydrogens (tertiary/aromatic N) is 4. The maximum absolute atomic E-state index is 4.10. The lowest BCUT2D eigenvalue weighted by Crippen LogP contribution is -2.00. The van der Waals surface area contributed by atoms with Crippen LogP contribution in [0.1, 0.15) is 0 Å². The van der Waals surface area contributed by atoms with Gasteiger partial charge in [0.05, 0.1) is 14.2 Å². The van der Waals surface area contributed by atoms with Gasteiger partial charge in [0, 0.05) is 18.6 Å². The minimum Gasteiger partial charge on any atom is -0.218 e. The van der Waals surface area contributed by atoms with Gasteiger partial charge in [-0.15, -0.1) is 0 Å². The molecule has 2 heterocycles. The lowest BCUT2D eigenvalue weighted by Gasteiger charge is -1.96. The Morgan fingerprint density at radius 3 is 2.46 bits per heavy atom. The third-order valence-corrected chi connectivity index (χ3v) is 2.33. The molecule has 0 aliphatic carbocycles. The molecule has 66 valence electrons. The maximum Gasteiger partial charge on any atom is 0.250 e. The largest absolute Gasteiger partial charge is 0.250 e. The van der Waals surface area contributed by atoms with Gasteiger partial charge in [-0.05, 0) is 38.5 Å². The Hall–Kier alpha value is -0.500. The highest BCUT2D eigenvalue weighted by Crippen LogP contribution is 2.08. The van der Waals surface area contributed by atoms with Crippen LogP contribution < -0.4 is 0 Å². The Balaban J connectivity index is 2.41.